The Morgan fingerprint density at radius 2 is 1.82 bits per heavy atom. The largest absolute Gasteiger partial charge is 0.324 e. The van der Waals surface area contributed by atoms with Crippen molar-refractivity contribution in [1.29, 1.82) is 0 Å². The molecular weight excluding hydrogens is 210 g/mol. The monoisotopic (exact) mass is 237 g/mol. The lowest BCUT2D eigenvalue weighted by Gasteiger charge is -2.02. The average Bonchev–Trinajstić information content (AvgIpc) is 2.77. The minimum atomic E-state index is 0.0952. The van der Waals surface area contributed by atoms with Crippen LogP contribution in [0.3, 0.4) is 0 Å². The van der Waals surface area contributed by atoms with Crippen molar-refractivity contribution in [2.24, 2.45) is 5.73 Å². The lowest BCUT2D eigenvalue weighted by molar-refractivity contribution is 0.523. The molecule has 1 rings (SSSR count). The second-order valence-electron chi connectivity index (χ2n) is 4.95. The van der Waals surface area contributed by atoms with Crippen LogP contribution in [0.15, 0.2) is 12.4 Å². The highest BCUT2D eigenvalue weighted by Crippen LogP contribution is 2.10. The highest BCUT2D eigenvalue weighted by molar-refractivity contribution is 5.07. The molecule has 0 saturated heterocycles. The minimum Gasteiger partial charge on any atom is -0.324 e. The molecule has 3 nitrogen and oxygen atoms in total. The van der Waals surface area contributed by atoms with E-state index in [0.717, 1.165) is 12.1 Å². The SMILES string of the molecule is CCCCCCCCCn1cc(C(C)N)cn1. The summed E-state index contributed by atoms with van der Waals surface area (Å²) >= 11 is 0. The van der Waals surface area contributed by atoms with Crippen molar-refractivity contribution in [3.05, 3.63) is 18.0 Å². The standard InChI is InChI=1S/C14H27N3/c1-3-4-5-6-7-8-9-10-17-12-14(11-16-17)13(2)15/h11-13H,3-10,15H2,1-2H3. The molecule has 0 saturated carbocycles. The van der Waals surface area contributed by atoms with Crippen molar-refractivity contribution < 1.29 is 0 Å². The van der Waals surface area contributed by atoms with E-state index >= 15 is 0 Å². The van der Waals surface area contributed by atoms with Crippen LogP contribution in [0.2, 0.25) is 0 Å². The van der Waals surface area contributed by atoms with E-state index < -0.39 is 0 Å². The Bertz CT molecular complexity index is 291. The summed E-state index contributed by atoms with van der Waals surface area (Å²) in [7, 11) is 0. The van der Waals surface area contributed by atoms with Crippen LogP contribution in [0.4, 0.5) is 0 Å². The third-order valence-electron chi connectivity index (χ3n) is 3.17. The molecule has 98 valence electrons. The summed E-state index contributed by atoms with van der Waals surface area (Å²) in [5, 5.41) is 4.32. The van der Waals surface area contributed by atoms with E-state index in [1.54, 1.807) is 0 Å². The Morgan fingerprint density at radius 1 is 1.18 bits per heavy atom. The molecule has 0 amide bonds. The van der Waals surface area contributed by atoms with Gasteiger partial charge in [0.15, 0.2) is 0 Å². The number of nitrogens with zero attached hydrogens (tertiary/aromatic N) is 2. The smallest absolute Gasteiger partial charge is 0.0537 e. The Balaban J connectivity index is 2.05. The van der Waals surface area contributed by atoms with Gasteiger partial charge in [0.05, 0.1) is 6.20 Å². The molecule has 1 atom stereocenters. The molecule has 0 fully saturated rings. The molecule has 0 aromatic carbocycles. The van der Waals surface area contributed by atoms with Crippen LogP contribution >= 0.6 is 0 Å². The topological polar surface area (TPSA) is 43.8 Å². The molecule has 0 spiro atoms. The molecule has 3 heteroatoms. The number of hydrogen-bond donors (Lipinski definition) is 1. The summed E-state index contributed by atoms with van der Waals surface area (Å²) in [6.45, 7) is 5.28. The molecular formula is C14H27N3. The first-order chi connectivity index (χ1) is 8.24. The predicted octanol–water partition coefficient (Wildman–Crippen LogP) is 3.65. The number of rotatable bonds is 9. The summed E-state index contributed by atoms with van der Waals surface area (Å²) < 4.78 is 2.02. The van der Waals surface area contributed by atoms with Gasteiger partial charge in [-0.05, 0) is 13.3 Å². The molecule has 0 bridgehead atoms. The van der Waals surface area contributed by atoms with E-state index in [1.807, 2.05) is 17.8 Å². The zero-order valence-electron chi connectivity index (χ0n) is 11.4. The minimum absolute atomic E-state index is 0.0952. The van der Waals surface area contributed by atoms with E-state index in [2.05, 4.69) is 18.2 Å². The molecule has 0 aliphatic heterocycles. The van der Waals surface area contributed by atoms with Crippen LogP contribution in [-0.2, 0) is 6.54 Å². The summed E-state index contributed by atoms with van der Waals surface area (Å²) in [4.78, 5) is 0. The van der Waals surface area contributed by atoms with E-state index in [9.17, 15) is 0 Å². The van der Waals surface area contributed by atoms with Gasteiger partial charge >= 0.3 is 0 Å². The van der Waals surface area contributed by atoms with Crippen molar-refractivity contribution in [3.8, 4) is 0 Å². The highest BCUT2D eigenvalue weighted by Gasteiger charge is 2.02. The van der Waals surface area contributed by atoms with Crippen molar-refractivity contribution in [3.63, 3.8) is 0 Å². The van der Waals surface area contributed by atoms with Crippen molar-refractivity contribution in [1.82, 2.24) is 9.78 Å². The van der Waals surface area contributed by atoms with Crippen molar-refractivity contribution in [2.75, 3.05) is 0 Å². The molecule has 1 heterocycles. The van der Waals surface area contributed by atoms with E-state index in [-0.39, 0.29) is 6.04 Å². The maximum atomic E-state index is 5.80. The molecule has 2 N–H and O–H groups in total. The van der Waals surface area contributed by atoms with Gasteiger partial charge in [-0.25, -0.2) is 0 Å². The predicted molar refractivity (Wildman–Crippen MR) is 72.8 cm³/mol. The zero-order chi connectivity index (χ0) is 12.5. The normalized spacial score (nSPS) is 12.9. The Kier molecular flexibility index (Phi) is 6.94. The molecule has 0 radical (unpaired) electrons. The maximum absolute atomic E-state index is 5.80. The fourth-order valence-corrected chi connectivity index (χ4v) is 1.97. The molecule has 17 heavy (non-hydrogen) atoms. The Morgan fingerprint density at radius 3 is 2.41 bits per heavy atom. The van der Waals surface area contributed by atoms with E-state index in [0.29, 0.717) is 0 Å². The summed E-state index contributed by atoms with van der Waals surface area (Å²) in [5.74, 6) is 0. The van der Waals surface area contributed by atoms with Crippen LogP contribution in [0.1, 0.15) is 70.4 Å². The first kappa shape index (κ1) is 14.2. The molecule has 0 aliphatic carbocycles. The quantitative estimate of drug-likeness (QED) is 0.666. The first-order valence-electron chi connectivity index (χ1n) is 7.02. The second-order valence-corrected chi connectivity index (χ2v) is 4.95. The van der Waals surface area contributed by atoms with E-state index in [1.165, 1.54) is 44.9 Å². The Hall–Kier alpha value is -0.830. The van der Waals surface area contributed by atoms with Gasteiger partial charge < -0.3 is 5.73 Å². The number of aryl methyl sites for hydroxylation is 1. The third-order valence-corrected chi connectivity index (χ3v) is 3.17. The number of hydrogen-bond acceptors (Lipinski definition) is 2. The second kappa shape index (κ2) is 8.29. The van der Waals surface area contributed by atoms with Gasteiger partial charge in [-0.15, -0.1) is 0 Å². The van der Waals surface area contributed by atoms with Gasteiger partial charge in [0.25, 0.3) is 0 Å². The lowest BCUT2D eigenvalue weighted by atomic mass is 10.1. The maximum Gasteiger partial charge on any atom is 0.0537 e. The van der Waals surface area contributed by atoms with Gasteiger partial charge in [-0.2, -0.15) is 5.10 Å². The first-order valence-corrected chi connectivity index (χ1v) is 7.02. The number of unbranched alkanes of at least 4 members (excludes halogenated alkanes) is 6. The third kappa shape index (κ3) is 5.87. The van der Waals surface area contributed by atoms with Gasteiger partial charge in [0.2, 0.25) is 0 Å². The lowest BCUT2D eigenvalue weighted by Crippen LogP contribution is -2.03. The van der Waals surface area contributed by atoms with Crippen LogP contribution in [0.5, 0.6) is 0 Å². The van der Waals surface area contributed by atoms with Gasteiger partial charge in [0, 0.05) is 24.3 Å². The molecule has 1 aromatic heterocycles. The van der Waals surface area contributed by atoms with Crippen LogP contribution in [0, 0.1) is 0 Å². The Labute approximate surface area is 105 Å². The summed E-state index contributed by atoms with van der Waals surface area (Å²) in [6, 6.07) is 0.0952. The zero-order valence-corrected chi connectivity index (χ0v) is 11.4. The van der Waals surface area contributed by atoms with Crippen molar-refractivity contribution in [2.45, 2.75) is 71.4 Å². The molecule has 0 aliphatic rings. The van der Waals surface area contributed by atoms with E-state index in [4.69, 9.17) is 5.73 Å². The van der Waals surface area contributed by atoms with Crippen molar-refractivity contribution >= 4 is 0 Å². The van der Waals surface area contributed by atoms with Gasteiger partial charge in [-0.1, -0.05) is 45.4 Å². The van der Waals surface area contributed by atoms with Gasteiger partial charge in [0.1, 0.15) is 0 Å². The molecule has 1 unspecified atom stereocenters. The number of nitrogens with two attached hydrogens (primary N) is 1. The summed E-state index contributed by atoms with van der Waals surface area (Å²) in [5.41, 5.74) is 6.93. The fraction of sp³-hybridized carbons (Fsp3) is 0.786. The molecule has 1 aromatic rings. The van der Waals surface area contributed by atoms with Crippen LogP contribution in [-0.4, -0.2) is 9.78 Å². The van der Waals surface area contributed by atoms with Crippen LogP contribution < -0.4 is 5.73 Å². The van der Waals surface area contributed by atoms with Crippen LogP contribution in [0.25, 0.3) is 0 Å². The summed E-state index contributed by atoms with van der Waals surface area (Å²) in [6.07, 6.45) is 13.4. The number of aromatic nitrogens is 2. The fourth-order valence-electron chi connectivity index (χ4n) is 1.97. The highest BCUT2D eigenvalue weighted by atomic mass is 15.3. The van der Waals surface area contributed by atoms with Gasteiger partial charge in [-0.3, -0.25) is 4.68 Å². The average molecular weight is 237 g/mol.